The molecule has 0 radical (unpaired) electrons. The summed E-state index contributed by atoms with van der Waals surface area (Å²) in [6.45, 7) is 3.59. The highest BCUT2D eigenvalue weighted by atomic mass is 16.5. The number of rotatable bonds is 7. The molecule has 0 unspecified atom stereocenters. The quantitative estimate of drug-likeness (QED) is 0.808. The van der Waals surface area contributed by atoms with Gasteiger partial charge in [0.25, 0.3) is 0 Å². The predicted molar refractivity (Wildman–Crippen MR) is 107 cm³/mol. The van der Waals surface area contributed by atoms with Crippen molar-refractivity contribution in [3.8, 4) is 0 Å². The number of fused-ring (bicyclic) bond motifs is 1. The minimum Gasteiger partial charge on any atom is -0.383 e. The van der Waals surface area contributed by atoms with Gasteiger partial charge in [0.2, 0.25) is 0 Å². The van der Waals surface area contributed by atoms with Crippen LogP contribution in [0.1, 0.15) is 48.1 Å². The SMILES string of the molecule is COCCN(Cc1cccnc1)C(=O)N[C@H](C)c1ccc2c(c1)CCCC2. The van der Waals surface area contributed by atoms with E-state index in [1.807, 2.05) is 19.1 Å². The molecule has 1 heterocycles. The maximum atomic E-state index is 12.9. The number of ether oxygens (including phenoxy) is 1. The largest absolute Gasteiger partial charge is 0.383 e. The first-order chi connectivity index (χ1) is 13.2. The molecule has 5 nitrogen and oxygen atoms in total. The van der Waals surface area contributed by atoms with Gasteiger partial charge in [0.1, 0.15) is 0 Å². The van der Waals surface area contributed by atoms with Crippen LogP contribution in [0.3, 0.4) is 0 Å². The van der Waals surface area contributed by atoms with Gasteiger partial charge in [-0.25, -0.2) is 4.79 Å². The lowest BCUT2D eigenvalue weighted by Gasteiger charge is -2.26. The Kier molecular flexibility index (Phi) is 6.82. The van der Waals surface area contributed by atoms with Gasteiger partial charge in [-0.2, -0.15) is 0 Å². The third-order valence-electron chi connectivity index (χ3n) is 5.16. The summed E-state index contributed by atoms with van der Waals surface area (Å²) in [5, 5.41) is 3.14. The highest BCUT2D eigenvalue weighted by Crippen LogP contribution is 2.25. The van der Waals surface area contributed by atoms with Gasteiger partial charge < -0.3 is 15.0 Å². The molecule has 1 aromatic heterocycles. The number of aromatic nitrogens is 1. The zero-order valence-corrected chi connectivity index (χ0v) is 16.3. The third-order valence-corrected chi connectivity index (χ3v) is 5.16. The van der Waals surface area contributed by atoms with E-state index in [1.165, 1.54) is 30.4 Å². The molecule has 1 atom stereocenters. The van der Waals surface area contributed by atoms with Gasteiger partial charge in [-0.05, 0) is 60.9 Å². The fraction of sp³-hybridized carbons (Fsp3) is 0.455. The maximum absolute atomic E-state index is 12.9. The topological polar surface area (TPSA) is 54.5 Å². The lowest BCUT2D eigenvalue weighted by molar-refractivity contribution is 0.145. The molecule has 5 heteroatoms. The molecule has 1 N–H and O–H groups in total. The second kappa shape index (κ2) is 9.51. The molecule has 1 aliphatic rings. The van der Waals surface area contributed by atoms with Crippen LogP contribution in [0.4, 0.5) is 4.79 Å². The standard InChI is InChI=1S/C22H29N3O2/c1-17(20-10-9-19-7-3-4-8-21(19)14-20)24-22(26)25(12-13-27-2)16-18-6-5-11-23-15-18/h5-6,9-11,14-15,17H,3-4,7-8,12-13,16H2,1-2H3,(H,24,26)/t17-/m1/s1. The van der Waals surface area contributed by atoms with Crippen LogP contribution in [0.15, 0.2) is 42.7 Å². The van der Waals surface area contributed by atoms with Crippen molar-refractivity contribution < 1.29 is 9.53 Å². The van der Waals surface area contributed by atoms with Gasteiger partial charge in [-0.1, -0.05) is 24.3 Å². The first kappa shape index (κ1) is 19.4. The van der Waals surface area contributed by atoms with E-state index in [0.29, 0.717) is 19.7 Å². The van der Waals surface area contributed by atoms with E-state index in [4.69, 9.17) is 4.74 Å². The van der Waals surface area contributed by atoms with E-state index in [9.17, 15) is 4.79 Å². The smallest absolute Gasteiger partial charge is 0.318 e. The second-order valence-corrected chi connectivity index (χ2v) is 7.18. The lowest BCUT2D eigenvalue weighted by atomic mass is 9.89. The summed E-state index contributed by atoms with van der Waals surface area (Å²) in [7, 11) is 1.65. The second-order valence-electron chi connectivity index (χ2n) is 7.18. The van der Waals surface area contributed by atoms with Gasteiger partial charge in [0.05, 0.1) is 12.6 Å². The number of nitrogens with one attached hydrogen (secondary N) is 1. The highest BCUT2D eigenvalue weighted by molar-refractivity contribution is 5.74. The highest BCUT2D eigenvalue weighted by Gasteiger charge is 2.18. The van der Waals surface area contributed by atoms with Gasteiger partial charge in [0.15, 0.2) is 0 Å². The number of aryl methyl sites for hydroxylation is 2. The fourth-order valence-corrected chi connectivity index (χ4v) is 3.55. The number of amides is 2. The first-order valence-electron chi connectivity index (χ1n) is 9.72. The van der Waals surface area contributed by atoms with Gasteiger partial charge in [0, 0.05) is 32.6 Å². The Morgan fingerprint density at radius 2 is 2.07 bits per heavy atom. The number of benzene rings is 1. The Hall–Kier alpha value is -2.40. The number of hydrogen-bond acceptors (Lipinski definition) is 3. The molecule has 1 aliphatic carbocycles. The molecule has 0 aliphatic heterocycles. The number of carbonyl (C=O) groups is 1. The molecule has 0 bridgehead atoms. The number of nitrogens with zero attached hydrogens (tertiary/aromatic N) is 2. The summed E-state index contributed by atoms with van der Waals surface area (Å²) in [4.78, 5) is 18.8. The van der Waals surface area contributed by atoms with Crippen molar-refractivity contribution in [2.75, 3.05) is 20.3 Å². The van der Waals surface area contributed by atoms with E-state index >= 15 is 0 Å². The van der Waals surface area contributed by atoms with Crippen LogP contribution in [-0.2, 0) is 24.1 Å². The summed E-state index contributed by atoms with van der Waals surface area (Å²) in [5.74, 6) is 0. The van der Waals surface area contributed by atoms with Crippen LogP contribution >= 0.6 is 0 Å². The number of pyridine rings is 1. The first-order valence-corrected chi connectivity index (χ1v) is 9.72. The third kappa shape index (κ3) is 5.30. The van der Waals surface area contributed by atoms with Crippen LogP contribution in [-0.4, -0.2) is 36.2 Å². The molecule has 27 heavy (non-hydrogen) atoms. The van der Waals surface area contributed by atoms with Crippen molar-refractivity contribution in [2.45, 2.75) is 45.2 Å². The lowest BCUT2D eigenvalue weighted by Crippen LogP contribution is -2.42. The number of urea groups is 1. The Morgan fingerprint density at radius 1 is 1.26 bits per heavy atom. The molecule has 0 saturated carbocycles. The van der Waals surface area contributed by atoms with Gasteiger partial charge >= 0.3 is 6.03 Å². The van der Waals surface area contributed by atoms with Gasteiger partial charge in [-0.3, -0.25) is 4.98 Å². The normalized spacial score (nSPS) is 14.3. The van der Waals surface area contributed by atoms with E-state index < -0.39 is 0 Å². The van der Waals surface area contributed by atoms with Crippen molar-refractivity contribution in [3.63, 3.8) is 0 Å². The molecule has 2 amide bonds. The molecule has 144 valence electrons. The molecular weight excluding hydrogens is 338 g/mol. The Bertz CT molecular complexity index is 748. The van der Waals surface area contributed by atoms with Crippen LogP contribution in [0.25, 0.3) is 0 Å². The minimum absolute atomic E-state index is 0.0383. The number of carbonyl (C=O) groups excluding carboxylic acids is 1. The Balaban J connectivity index is 1.66. The van der Waals surface area contributed by atoms with Crippen LogP contribution in [0, 0.1) is 0 Å². The minimum atomic E-state index is -0.0823. The molecular formula is C22H29N3O2. The van der Waals surface area contributed by atoms with Crippen molar-refractivity contribution in [3.05, 3.63) is 65.0 Å². The fourth-order valence-electron chi connectivity index (χ4n) is 3.55. The molecule has 0 saturated heterocycles. The molecule has 0 fully saturated rings. The monoisotopic (exact) mass is 367 g/mol. The summed E-state index contributed by atoms with van der Waals surface area (Å²) in [6.07, 6.45) is 8.38. The number of hydrogen-bond donors (Lipinski definition) is 1. The van der Waals surface area contributed by atoms with Crippen LogP contribution < -0.4 is 5.32 Å². The predicted octanol–water partition coefficient (Wildman–Crippen LogP) is 3.88. The van der Waals surface area contributed by atoms with Crippen LogP contribution in [0.5, 0.6) is 0 Å². The van der Waals surface area contributed by atoms with E-state index in [-0.39, 0.29) is 12.1 Å². The molecule has 0 spiro atoms. The molecule has 1 aromatic carbocycles. The molecule has 2 aromatic rings. The van der Waals surface area contributed by atoms with Crippen molar-refractivity contribution in [2.24, 2.45) is 0 Å². The average Bonchev–Trinajstić information content (AvgIpc) is 2.71. The summed E-state index contributed by atoms with van der Waals surface area (Å²) >= 11 is 0. The van der Waals surface area contributed by atoms with Crippen molar-refractivity contribution in [1.29, 1.82) is 0 Å². The Labute approximate surface area is 161 Å². The van der Waals surface area contributed by atoms with Gasteiger partial charge in [-0.15, -0.1) is 0 Å². The van der Waals surface area contributed by atoms with Crippen molar-refractivity contribution >= 4 is 6.03 Å². The zero-order valence-electron chi connectivity index (χ0n) is 16.3. The summed E-state index contributed by atoms with van der Waals surface area (Å²) < 4.78 is 5.17. The number of methoxy groups -OCH3 is 1. The van der Waals surface area contributed by atoms with E-state index in [0.717, 1.165) is 17.5 Å². The molecule has 3 rings (SSSR count). The zero-order chi connectivity index (χ0) is 19.1. The van der Waals surface area contributed by atoms with E-state index in [1.54, 1.807) is 24.4 Å². The van der Waals surface area contributed by atoms with Crippen molar-refractivity contribution in [1.82, 2.24) is 15.2 Å². The Morgan fingerprint density at radius 3 is 2.81 bits per heavy atom. The summed E-state index contributed by atoms with van der Waals surface area (Å²) in [5.41, 5.74) is 5.07. The van der Waals surface area contributed by atoms with E-state index in [2.05, 4.69) is 28.5 Å². The summed E-state index contributed by atoms with van der Waals surface area (Å²) in [6, 6.07) is 10.4. The average molecular weight is 367 g/mol. The van der Waals surface area contributed by atoms with Crippen LogP contribution in [0.2, 0.25) is 0 Å². The maximum Gasteiger partial charge on any atom is 0.318 e.